The van der Waals surface area contributed by atoms with Crippen LogP contribution in [0, 0.1) is 6.92 Å². The molecule has 0 spiro atoms. The molecule has 0 saturated carbocycles. The van der Waals surface area contributed by atoms with Gasteiger partial charge in [0.15, 0.2) is 0 Å². The SMILES string of the molecule is CNC(=O)c1c(-c2ccc(C)cc2)oc2cc3c(cc12)[C@H](C)O[C@H](COC(=O)n1ccnc1)CN3S(C)(=O)=O. The molecule has 2 aromatic carbocycles. The molecule has 0 saturated heterocycles. The molecule has 12 heteroatoms. The predicted octanol–water partition coefficient (Wildman–Crippen LogP) is 3.88. The van der Waals surface area contributed by atoms with Crippen LogP contribution in [0.2, 0.25) is 0 Å². The monoisotopic (exact) mass is 552 g/mol. The van der Waals surface area contributed by atoms with Gasteiger partial charge in [0, 0.05) is 42.0 Å². The molecule has 39 heavy (non-hydrogen) atoms. The van der Waals surface area contributed by atoms with Crippen molar-refractivity contribution in [3.63, 3.8) is 0 Å². The molecule has 1 N–H and O–H groups in total. The lowest BCUT2D eigenvalue weighted by atomic mass is 10.00. The zero-order chi connectivity index (χ0) is 27.9. The standard InChI is InChI=1S/C27H28N4O7S/c1-16-5-7-18(8-6-16)25-24(26(32)28-3)21-11-20-17(2)37-19(14-36-27(33)30-10-9-29-15-30)13-31(39(4,34)35)22(20)12-23(21)38-25/h5-12,15,17,19H,13-14H2,1-4H3,(H,28,32)/t17-,19-/m0/s1. The average molecular weight is 553 g/mol. The zero-order valence-corrected chi connectivity index (χ0v) is 22.7. The van der Waals surface area contributed by atoms with E-state index < -0.39 is 28.3 Å². The van der Waals surface area contributed by atoms with Gasteiger partial charge in [-0.05, 0) is 19.9 Å². The van der Waals surface area contributed by atoms with Crippen LogP contribution < -0.4 is 9.62 Å². The number of benzene rings is 2. The van der Waals surface area contributed by atoms with Crippen LogP contribution in [0.5, 0.6) is 0 Å². The fraction of sp³-hybridized carbons (Fsp3) is 0.296. The Balaban J connectivity index is 1.58. The van der Waals surface area contributed by atoms with Crippen LogP contribution in [0.3, 0.4) is 0 Å². The number of sulfonamides is 1. The summed E-state index contributed by atoms with van der Waals surface area (Å²) in [6, 6.07) is 10.9. The first-order valence-corrected chi connectivity index (χ1v) is 14.1. The number of anilines is 1. The number of hydrogen-bond acceptors (Lipinski definition) is 8. The highest BCUT2D eigenvalue weighted by atomic mass is 32.2. The van der Waals surface area contributed by atoms with Crippen LogP contribution in [0.1, 0.15) is 34.5 Å². The quantitative estimate of drug-likeness (QED) is 0.395. The summed E-state index contributed by atoms with van der Waals surface area (Å²) in [5.74, 6) is 0.0454. The molecule has 0 aliphatic carbocycles. The van der Waals surface area contributed by atoms with Crippen molar-refractivity contribution in [2.24, 2.45) is 0 Å². The van der Waals surface area contributed by atoms with Crippen molar-refractivity contribution in [3.05, 3.63) is 71.8 Å². The van der Waals surface area contributed by atoms with E-state index in [0.717, 1.165) is 17.4 Å². The number of hydrogen-bond donors (Lipinski definition) is 1. The summed E-state index contributed by atoms with van der Waals surface area (Å²) in [6.07, 6.45) is 3.28. The number of aryl methyl sites for hydroxylation is 1. The number of nitrogens with zero attached hydrogens (tertiary/aromatic N) is 3. The third-order valence-corrected chi connectivity index (χ3v) is 7.73. The van der Waals surface area contributed by atoms with Gasteiger partial charge in [-0.3, -0.25) is 9.10 Å². The topological polar surface area (TPSA) is 133 Å². The van der Waals surface area contributed by atoms with Crippen molar-refractivity contribution >= 4 is 38.7 Å². The van der Waals surface area contributed by atoms with Crippen LogP contribution in [0.15, 0.2) is 59.5 Å². The number of imidazole rings is 1. The van der Waals surface area contributed by atoms with Gasteiger partial charge in [-0.1, -0.05) is 29.8 Å². The number of aromatic nitrogens is 2. The molecular formula is C27H28N4O7S. The normalized spacial score (nSPS) is 17.5. The molecule has 2 aromatic heterocycles. The number of rotatable bonds is 5. The molecule has 0 fully saturated rings. The Morgan fingerprint density at radius 3 is 2.59 bits per heavy atom. The summed E-state index contributed by atoms with van der Waals surface area (Å²) in [4.78, 5) is 29.1. The average Bonchev–Trinajstić information content (AvgIpc) is 3.54. The molecule has 5 rings (SSSR count). The number of amides is 1. The van der Waals surface area contributed by atoms with Gasteiger partial charge in [0.25, 0.3) is 5.91 Å². The number of carbonyl (C=O) groups excluding carboxylic acids is 2. The van der Waals surface area contributed by atoms with E-state index in [1.165, 1.54) is 34.6 Å². The molecule has 0 bridgehead atoms. The minimum atomic E-state index is -3.77. The van der Waals surface area contributed by atoms with E-state index in [2.05, 4.69) is 10.3 Å². The molecule has 1 aliphatic rings. The number of furan rings is 1. The zero-order valence-electron chi connectivity index (χ0n) is 21.9. The van der Waals surface area contributed by atoms with E-state index in [1.54, 1.807) is 19.1 Å². The second-order valence-corrected chi connectivity index (χ2v) is 11.3. The van der Waals surface area contributed by atoms with Gasteiger partial charge >= 0.3 is 6.09 Å². The first-order valence-electron chi connectivity index (χ1n) is 12.2. The third-order valence-electron chi connectivity index (χ3n) is 6.59. The lowest BCUT2D eigenvalue weighted by Crippen LogP contribution is -2.39. The number of nitrogens with one attached hydrogen (secondary N) is 1. The Bertz CT molecular complexity index is 1640. The van der Waals surface area contributed by atoms with Gasteiger partial charge in [0.2, 0.25) is 10.0 Å². The van der Waals surface area contributed by atoms with Gasteiger partial charge in [-0.15, -0.1) is 0 Å². The Kier molecular flexibility index (Phi) is 6.91. The van der Waals surface area contributed by atoms with Gasteiger partial charge in [0.1, 0.15) is 30.4 Å². The van der Waals surface area contributed by atoms with Gasteiger partial charge in [0.05, 0.1) is 30.2 Å². The molecule has 2 atom stereocenters. The van der Waals surface area contributed by atoms with E-state index in [-0.39, 0.29) is 19.1 Å². The summed E-state index contributed by atoms with van der Waals surface area (Å²) in [6.45, 7) is 3.47. The smallest absolute Gasteiger partial charge is 0.419 e. The van der Waals surface area contributed by atoms with E-state index in [4.69, 9.17) is 13.9 Å². The van der Waals surface area contributed by atoms with Crippen LogP contribution in [0.4, 0.5) is 10.5 Å². The molecule has 1 amide bonds. The maximum atomic E-state index is 13.0. The van der Waals surface area contributed by atoms with Crippen LogP contribution >= 0.6 is 0 Å². The fourth-order valence-electron chi connectivity index (χ4n) is 4.65. The summed E-state index contributed by atoms with van der Waals surface area (Å²) in [5.41, 5.74) is 3.39. The second-order valence-electron chi connectivity index (χ2n) is 9.40. The molecule has 11 nitrogen and oxygen atoms in total. The Labute approximate surface area is 225 Å². The van der Waals surface area contributed by atoms with E-state index in [1.807, 2.05) is 31.2 Å². The summed E-state index contributed by atoms with van der Waals surface area (Å²) in [7, 11) is -2.24. The van der Waals surface area contributed by atoms with Gasteiger partial charge in [-0.2, -0.15) is 0 Å². The van der Waals surface area contributed by atoms with Crippen molar-refractivity contribution in [2.75, 3.05) is 30.8 Å². The number of carbonyl (C=O) groups is 2. The first-order chi connectivity index (χ1) is 18.6. The minimum Gasteiger partial charge on any atom is -0.455 e. The summed E-state index contributed by atoms with van der Waals surface area (Å²) in [5, 5.41) is 3.20. The lowest BCUT2D eigenvalue weighted by Gasteiger charge is -2.24. The van der Waals surface area contributed by atoms with Crippen molar-refractivity contribution in [1.29, 1.82) is 0 Å². The van der Waals surface area contributed by atoms with E-state index in [9.17, 15) is 18.0 Å². The molecule has 3 heterocycles. The Morgan fingerprint density at radius 1 is 1.21 bits per heavy atom. The fourth-order valence-corrected chi connectivity index (χ4v) is 5.60. The lowest BCUT2D eigenvalue weighted by molar-refractivity contribution is -0.0269. The van der Waals surface area contributed by atoms with Crippen molar-refractivity contribution in [2.45, 2.75) is 26.1 Å². The van der Waals surface area contributed by atoms with Gasteiger partial charge < -0.3 is 19.2 Å². The highest BCUT2D eigenvalue weighted by Crippen LogP contribution is 2.42. The minimum absolute atomic E-state index is 0.0906. The first kappa shape index (κ1) is 26.4. The third kappa shape index (κ3) is 5.12. The van der Waals surface area contributed by atoms with Crippen LogP contribution in [-0.4, -0.2) is 62.5 Å². The molecule has 4 aromatic rings. The summed E-state index contributed by atoms with van der Waals surface area (Å²) >= 11 is 0. The molecule has 204 valence electrons. The van der Waals surface area contributed by atoms with Crippen LogP contribution in [-0.2, 0) is 19.5 Å². The van der Waals surface area contributed by atoms with Crippen molar-refractivity contribution in [3.8, 4) is 11.3 Å². The number of ether oxygens (including phenoxy) is 2. The Hall–Kier alpha value is -4.16. The van der Waals surface area contributed by atoms with Crippen molar-refractivity contribution in [1.82, 2.24) is 14.9 Å². The Morgan fingerprint density at radius 2 is 1.95 bits per heavy atom. The summed E-state index contributed by atoms with van der Waals surface area (Å²) < 4.78 is 46.0. The molecular weight excluding hydrogens is 524 g/mol. The van der Waals surface area contributed by atoms with E-state index in [0.29, 0.717) is 33.5 Å². The number of fused-ring (bicyclic) bond motifs is 2. The van der Waals surface area contributed by atoms with Gasteiger partial charge in [-0.25, -0.2) is 22.8 Å². The van der Waals surface area contributed by atoms with Crippen molar-refractivity contribution < 1.29 is 31.9 Å². The maximum Gasteiger partial charge on any atom is 0.419 e. The molecule has 1 aliphatic heterocycles. The maximum absolute atomic E-state index is 13.0. The van der Waals surface area contributed by atoms with E-state index >= 15 is 0 Å². The largest absolute Gasteiger partial charge is 0.455 e. The predicted molar refractivity (Wildman–Crippen MR) is 144 cm³/mol. The molecule has 0 unspecified atom stereocenters. The second kappa shape index (κ2) is 10.2. The molecule has 0 radical (unpaired) electrons. The van der Waals surface area contributed by atoms with Crippen LogP contribution in [0.25, 0.3) is 22.3 Å². The highest BCUT2D eigenvalue weighted by molar-refractivity contribution is 7.92. The highest BCUT2D eigenvalue weighted by Gasteiger charge is 2.34.